The summed E-state index contributed by atoms with van der Waals surface area (Å²) in [5.74, 6) is 0.945. The van der Waals surface area contributed by atoms with Gasteiger partial charge < -0.3 is 19.7 Å². The first kappa shape index (κ1) is 16.7. The average Bonchev–Trinajstić information content (AvgIpc) is 3.27. The largest absolute Gasteiger partial charge is 0.507 e. The van der Waals surface area contributed by atoms with Crippen LogP contribution in [0.2, 0.25) is 0 Å². The molecule has 4 aromatic rings. The molecule has 2 aromatic carbocycles. The Balaban J connectivity index is 1.75. The number of thiophene rings is 1. The van der Waals surface area contributed by atoms with Crippen molar-refractivity contribution in [2.75, 3.05) is 14.2 Å². The van der Waals surface area contributed by atoms with Gasteiger partial charge in [0.15, 0.2) is 11.5 Å². The number of aromatic hydroxyl groups is 2. The van der Waals surface area contributed by atoms with Crippen molar-refractivity contribution in [2.45, 2.75) is 0 Å². The van der Waals surface area contributed by atoms with Crippen LogP contribution in [0.3, 0.4) is 0 Å². The normalized spacial score (nSPS) is 11.6. The lowest BCUT2D eigenvalue weighted by Gasteiger charge is -2.09. The molecular formula is C19H15NO4S2. The minimum Gasteiger partial charge on any atom is -0.507 e. The van der Waals surface area contributed by atoms with Gasteiger partial charge in [-0.1, -0.05) is 6.08 Å². The number of methoxy groups -OCH3 is 2. The zero-order valence-corrected chi connectivity index (χ0v) is 15.6. The molecule has 0 amide bonds. The lowest BCUT2D eigenvalue weighted by Crippen LogP contribution is -1.90. The summed E-state index contributed by atoms with van der Waals surface area (Å²) in [6.45, 7) is 0. The molecule has 4 rings (SSSR count). The molecule has 0 fully saturated rings. The number of phenolic OH excluding ortho intramolecular Hbond substituents is 2. The van der Waals surface area contributed by atoms with Gasteiger partial charge >= 0.3 is 0 Å². The van der Waals surface area contributed by atoms with E-state index >= 15 is 0 Å². The fourth-order valence-electron chi connectivity index (χ4n) is 2.75. The quantitative estimate of drug-likeness (QED) is 0.511. The summed E-state index contributed by atoms with van der Waals surface area (Å²) in [5, 5.41) is 23.7. The fourth-order valence-corrected chi connectivity index (χ4v) is 4.64. The Morgan fingerprint density at radius 2 is 1.77 bits per heavy atom. The van der Waals surface area contributed by atoms with Crippen LogP contribution < -0.4 is 9.47 Å². The Labute approximate surface area is 157 Å². The summed E-state index contributed by atoms with van der Waals surface area (Å²) in [7, 11) is 2.99. The van der Waals surface area contributed by atoms with Crippen molar-refractivity contribution in [1.82, 2.24) is 4.98 Å². The molecule has 0 atom stereocenters. The summed E-state index contributed by atoms with van der Waals surface area (Å²) in [6, 6.07) is 7.11. The van der Waals surface area contributed by atoms with Crippen LogP contribution in [0.5, 0.6) is 23.0 Å². The molecule has 0 radical (unpaired) electrons. The van der Waals surface area contributed by atoms with E-state index in [9.17, 15) is 10.2 Å². The Morgan fingerprint density at radius 3 is 2.46 bits per heavy atom. The van der Waals surface area contributed by atoms with Gasteiger partial charge in [0.05, 0.1) is 29.1 Å². The molecular weight excluding hydrogens is 370 g/mol. The van der Waals surface area contributed by atoms with Crippen LogP contribution >= 0.6 is 22.7 Å². The first-order valence-electron chi connectivity index (χ1n) is 7.73. The van der Waals surface area contributed by atoms with Crippen molar-refractivity contribution in [1.29, 1.82) is 0 Å². The zero-order valence-electron chi connectivity index (χ0n) is 14.0. The van der Waals surface area contributed by atoms with Gasteiger partial charge in [0.1, 0.15) is 10.8 Å². The highest BCUT2D eigenvalue weighted by Gasteiger charge is 2.12. The summed E-state index contributed by atoms with van der Waals surface area (Å²) in [6.07, 6.45) is 3.78. The van der Waals surface area contributed by atoms with Gasteiger partial charge in [0.25, 0.3) is 0 Å². The van der Waals surface area contributed by atoms with E-state index in [0.717, 1.165) is 30.9 Å². The Bertz CT molecular complexity index is 1120. The van der Waals surface area contributed by atoms with Crippen molar-refractivity contribution in [3.63, 3.8) is 0 Å². The first-order chi connectivity index (χ1) is 12.6. The number of nitrogens with zero attached hydrogens (tertiary/aromatic N) is 1. The number of benzene rings is 2. The van der Waals surface area contributed by atoms with Crippen molar-refractivity contribution < 1.29 is 19.7 Å². The van der Waals surface area contributed by atoms with Crippen molar-refractivity contribution in [3.8, 4) is 23.0 Å². The summed E-state index contributed by atoms with van der Waals surface area (Å²) >= 11 is 3.08. The molecule has 0 unspecified atom stereocenters. The molecule has 0 aliphatic rings. The van der Waals surface area contributed by atoms with Crippen molar-refractivity contribution in [2.24, 2.45) is 0 Å². The number of thiazole rings is 1. The molecule has 132 valence electrons. The average molecular weight is 385 g/mol. The summed E-state index contributed by atoms with van der Waals surface area (Å²) in [5.41, 5.74) is 1.72. The molecule has 2 N–H and O–H groups in total. The van der Waals surface area contributed by atoms with Crippen molar-refractivity contribution in [3.05, 3.63) is 40.2 Å². The van der Waals surface area contributed by atoms with E-state index in [1.807, 2.05) is 23.6 Å². The Kier molecular flexibility index (Phi) is 4.18. The molecule has 2 heterocycles. The van der Waals surface area contributed by atoms with Crippen LogP contribution in [0, 0.1) is 0 Å². The maximum Gasteiger partial charge on any atom is 0.200 e. The van der Waals surface area contributed by atoms with Gasteiger partial charge in [-0.25, -0.2) is 4.98 Å². The van der Waals surface area contributed by atoms with E-state index in [1.165, 1.54) is 25.6 Å². The number of fused-ring (bicyclic) bond motifs is 3. The number of hydrogen-bond donors (Lipinski definition) is 2. The molecule has 26 heavy (non-hydrogen) atoms. The number of ether oxygens (including phenoxy) is 2. The van der Waals surface area contributed by atoms with Gasteiger partial charge in [-0.3, -0.25) is 0 Å². The van der Waals surface area contributed by atoms with Crippen molar-refractivity contribution >= 4 is 55.1 Å². The van der Waals surface area contributed by atoms with E-state index in [4.69, 9.17) is 14.5 Å². The third kappa shape index (κ3) is 2.75. The molecule has 2 aromatic heterocycles. The monoisotopic (exact) mass is 385 g/mol. The van der Waals surface area contributed by atoms with Crippen LogP contribution in [-0.4, -0.2) is 29.4 Å². The second-order valence-electron chi connectivity index (χ2n) is 5.57. The molecule has 0 aliphatic carbocycles. The van der Waals surface area contributed by atoms with Gasteiger partial charge in [-0.05, 0) is 35.2 Å². The first-order valence-corrected chi connectivity index (χ1v) is 9.43. The predicted octanol–water partition coefficient (Wildman–Crippen LogP) is 5.11. The maximum absolute atomic E-state index is 10.1. The Hall–Kier alpha value is -2.77. The molecule has 0 aliphatic heterocycles. The fraction of sp³-hybridized carbons (Fsp3) is 0.105. The minimum absolute atomic E-state index is 0.0253. The Morgan fingerprint density at radius 1 is 1.04 bits per heavy atom. The molecule has 0 saturated heterocycles. The highest BCUT2D eigenvalue weighted by atomic mass is 32.1. The summed E-state index contributed by atoms with van der Waals surface area (Å²) in [4.78, 5) is 4.69. The van der Waals surface area contributed by atoms with Gasteiger partial charge in [0, 0.05) is 11.5 Å². The molecule has 7 heteroatoms. The standard InChI is InChI=1S/C19H15NO4S2/c1-23-13-7-10(8-14(24-2)18(13)22)3-4-16-20-17-15(26-16)9-12(21)11-5-6-25-19(11)17/h3-9,21-22H,1-2H3/b4-3+. The number of rotatable bonds is 4. The second-order valence-corrected chi connectivity index (χ2v) is 7.54. The minimum atomic E-state index is -0.0253. The van der Waals surface area contributed by atoms with E-state index in [2.05, 4.69) is 0 Å². The van der Waals surface area contributed by atoms with Gasteiger partial charge in [-0.15, -0.1) is 22.7 Å². The maximum atomic E-state index is 10.1. The second kappa shape index (κ2) is 6.51. The van der Waals surface area contributed by atoms with Crippen LogP contribution in [0.25, 0.3) is 32.5 Å². The highest BCUT2D eigenvalue weighted by Crippen LogP contribution is 2.39. The lowest BCUT2D eigenvalue weighted by molar-refractivity contribution is 0.340. The van der Waals surface area contributed by atoms with E-state index in [1.54, 1.807) is 29.5 Å². The number of aromatic nitrogens is 1. The van der Waals surface area contributed by atoms with Crippen LogP contribution in [0.4, 0.5) is 0 Å². The van der Waals surface area contributed by atoms with E-state index in [0.29, 0.717) is 11.5 Å². The zero-order chi connectivity index (χ0) is 18.3. The summed E-state index contributed by atoms with van der Waals surface area (Å²) < 4.78 is 12.3. The molecule has 5 nitrogen and oxygen atoms in total. The molecule has 0 spiro atoms. The van der Waals surface area contributed by atoms with Crippen LogP contribution in [-0.2, 0) is 0 Å². The van der Waals surface area contributed by atoms with E-state index < -0.39 is 0 Å². The predicted molar refractivity (Wildman–Crippen MR) is 107 cm³/mol. The SMILES string of the molecule is COc1cc(/C=C/c2nc3c(cc(O)c4ccsc43)s2)cc(OC)c1O. The molecule has 0 bridgehead atoms. The topological polar surface area (TPSA) is 71.8 Å². The molecule has 0 saturated carbocycles. The third-order valence-corrected chi connectivity index (χ3v) is 5.90. The van der Waals surface area contributed by atoms with Crippen LogP contribution in [0.1, 0.15) is 10.6 Å². The van der Waals surface area contributed by atoms with Gasteiger partial charge in [0.2, 0.25) is 5.75 Å². The van der Waals surface area contributed by atoms with E-state index in [-0.39, 0.29) is 11.5 Å². The van der Waals surface area contributed by atoms with Crippen LogP contribution in [0.15, 0.2) is 29.6 Å². The smallest absolute Gasteiger partial charge is 0.200 e. The third-order valence-electron chi connectivity index (χ3n) is 4.01. The highest BCUT2D eigenvalue weighted by molar-refractivity contribution is 7.22. The number of phenols is 2. The lowest BCUT2D eigenvalue weighted by atomic mass is 10.1. The van der Waals surface area contributed by atoms with Gasteiger partial charge in [-0.2, -0.15) is 0 Å². The number of hydrogen-bond acceptors (Lipinski definition) is 7.